The van der Waals surface area contributed by atoms with Gasteiger partial charge in [0.25, 0.3) is 11.6 Å². The van der Waals surface area contributed by atoms with Crippen LogP contribution in [0.2, 0.25) is 0 Å². The molecule has 1 atom stereocenters. The molecule has 36 heavy (non-hydrogen) atoms. The molecule has 1 heterocycles. The van der Waals surface area contributed by atoms with Crippen LogP contribution in [-0.4, -0.2) is 21.5 Å². The average Bonchev–Trinajstić information content (AvgIpc) is 2.96. The van der Waals surface area contributed by atoms with Crippen molar-refractivity contribution >= 4 is 45.5 Å². The van der Waals surface area contributed by atoms with Crippen LogP contribution < -0.4 is 4.90 Å². The van der Waals surface area contributed by atoms with Crippen molar-refractivity contribution in [3.05, 3.63) is 138 Å². The topological polar surface area (TPSA) is 56.5 Å². The van der Waals surface area contributed by atoms with Crippen LogP contribution in [0.25, 0.3) is 0 Å². The number of thiocarbonyl (C=S) groups is 1. The predicted molar refractivity (Wildman–Crippen MR) is 150 cm³/mol. The molecular formula is C30H21N3OS2. The number of hydrogen-bond donors (Lipinski definition) is 0. The largest absolute Gasteiger partial charge is 0.270 e. The van der Waals surface area contributed by atoms with Crippen LogP contribution in [0.3, 0.4) is 0 Å². The summed E-state index contributed by atoms with van der Waals surface area (Å²) >= 11 is 7.26. The van der Waals surface area contributed by atoms with Gasteiger partial charge in [0.1, 0.15) is 10.3 Å². The molecule has 0 N–H and O–H groups in total. The molecule has 1 unspecified atom stereocenters. The van der Waals surface area contributed by atoms with Gasteiger partial charge in [0, 0.05) is 22.4 Å². The molecule has 1 amide bonds. The van der Waals surface area contributed by atoms with Gasteiger partial charge in [0.05, 0.1) is 11.4 Å². The van der Waals surface area contributed by atoms with Crippen molar-refractivity contribution < 1.29 is 4.79 Å². The molecule has 0 spiro atoms. The van der Waals surface area contributed by atoms with Gasteiger partial charge in [0.2, 0.25) is 0 Å². The number of para-hydroxylation sites is 1. The summed E-state index contributed by atoms with van der Waals surface area (Å²) in [6.07, 6.45) is 0. The molecule has 0 fully saturated rings. The van der Waals surface area contributed by atoms with E-state index < -0.39 is 5.66 Å². The standard InChI is InChI=1S/C30H21N3OS2/c31-21-30(29(35)36-20-22-12-4-1-5-13-22)32-27(23-14-6-2-7-15-23)25-18-10-11-19-26(25)33(30)28(34)24-16-8-3-9-17-24/h1-19H,20H2. The lowest BCUT2D eigenvalue weighted by Crippen LogP contribution is -2.57. The predicted octanol–water partition coefficient (Wildman–Crippen LogP) is 6.67. The number of amides is 1. The maximum Gasteiger partial charge on any atom is 0.270 e. The number of benzene rings is 4. The summed E-state index contributed by atoms with van der Waals surface area (Å²) in [4.78, 5) is 20.4. The molecule has 0 saturated heterocycles. The lowest BCUT2D eigenvalue weighted by molar-refractivity contribution is 0.0976. The normalized spacial score (nSPS) is 16.4. The van der Waals surface area contributed by atoms with Gasteiger partial charge in [0.15, 0.2) is 0 Å². The molecular weight excluding hydrogens is 482 g/mol. The zero-order valence-electron chi connectivity index (χ0n) is 19.2. The monoisotopic (exact) mass is 503 g/mol. The first-order chi connectivity index (χ1) is 17.6. The zero-order valence-corrected chi connectivity index (χ0v) is 20.9. The van der Waals surface area contributed by atoms with E-state index in [1.54, 1.807) is 24.3 Å². The van der Waals surface area contributed by atoms with E-state index in [1.807, 2.05) is 91.0 Å². The van der Waals surface area contributed by atoms with Gasteiger partial charge in [-0.25, -0.2) is 4.99 Å². The highest BCUT2D eigenvalue weighted by atomic mass is 32.2. The SMILES string of the molecule is N#CC1(C(=S)SCc2ccccc2)N=C(c2ccccc2)c2ccccc2N1C(=O)c1ccccc1. The minimum atomic E-state index is -1.71. The number of aliphatic imine (C=N–C) groups is 1. The molecule has 174 valence electrons. The quantitative estimate of drug-likeness (QED) is 0.286. The van der Waals surface area contributed by atoms with E-state index in [9.17, 15) is 10.1 Å². The Balaban J connectivity index is 1.68. The first kappa shape index (κ1) is 23.7. The highest BCUT2D eigenvalue weighted by Crippen LogP contribution is 2.40. The third-order valence-corrected chi connectivity index (χ3v) is 7.58. The van der Waals surface area contributed by atoms with E-state index in [2.05, 4.69) is 6.07 Å². The van der Waals surface area contributed by atoms with Gasteiger partial charge in [-0.15, -0.1) is 11.8 Å². The summed E-state index contributed by atoms with van der Waals surface area (Å²) in [7, 11) is 0. The Labute approximate surface area is 219 Å². The number of hydrogen-bond acceptors (Lipinski definition) is 5. The van der Waals surface area contributed by atoms with Crippen molar-refractivity contribution in [1.82, 2.24) is 0 Å². The second-order valence-corrected chi connectivity index (χ2v) is 9.85. The zero-order chi connectivity index (χ0) is 25.0. The molecule has 0 bridgehead atoms. The number of fused-ring (bicyclic) bond motifs is 1. The van der Waals surface area contributed by atoms with Crippen molar-refractivity contribution in [2.45, 2.75) is 11.4 Å². The third kappa shape index (κ3) is 4.35. The van der Waals surface area contributed by atoms with E-state index in [0.717, 1.165) is 16.7 Å². The molecule has 5 rings (SSSR count). The lowest BCUT2D eigenvalue weighted by atomic mass is 9.94. The number of nitrogens with zero attached hydrogens (tertiary/aromatic N) is 3. The highest BCUT2D eigenvalue weighted by Gasteiger charge is 2.49. The Kier molecular flexibility index (Phi) is 6.77. The molecule has 0 saturated carbocycles. The number of carbonyl (C=O) groups is 1. The van der Waals surface area contributed by atoms with Gasteiger partial charge in [-0.1, -0.05) is 109 Å². The van der Waals surface area contributed by atoms with Crippen LogP contribution in [0.1, 0.15) is 27.0 Å². The van der Waals surface area contributed by atoms with Crippen molar-refractivity contribution in [3.8, 4) is 6.07 Å². The van der Waals surface area contributed by atoms with Crippen LogP contribution in [0.5, 0.6) is 0 Å². The Hall–Kier alpha value is -4.05. The van der Waals surface area contributed by atoms with E-state index in [0.29, 0.717) is 26.9 Å². The molecule has 4 aromatic carbocycles. The van der Waals surface area contributed by atoms with Crippen molar-refractivity contribution in [2.75, 3.05) is 4.90 Å². The summed E-state index contributed by atoms with van der Waals surface area (Å²) in [5, 5.41) is 10.7. The van der Waals surface area contributed by atoms with Gasteiger partial charge in [-0.05, 0) is 23.8 Å². The molecule has 0 aromatic heterocycles. The van der Waals surface area contributed by atoms with Crippen molar-refractivity contribution in [1.29, 1.82) is 5.26 Å². The maximum atomic E-state index is 14.0. The maximum absolute atomic E-state index is 14.0. The minimum absolute atomic E-state index is 0.320. The van der Waals surface area contributed by atoms with Gasteiger partial charge < -0.3 is 0 Å². The van der Waals surface area contributed by atoms with Gasteiger partial charge >= 0.3 is 0 Å². The Morgan fingerprint density at radius 2 is 1.44 bits per heavy atom. The summed E-state index contributed by atoms with van der Waals surface area (Å²) in [6.45, 7) is 0. The fourth-order valence-corrected chi connectivity index (χ4v) is 5.41. The van der Waals surface area contributed by atoms with Crippen LogP contribution in [0.4, 0.5) is 5.69 Å². The number of rotatable bonds is 5. The van der Waals surface area contributed by atoms with Gasteiger partial charge in [-0.2, -0.15) is 5.26 Å². The average molecular weight is 504 g/mol. The van der Waals surface area contributed by atoms with Crippen molar-refractivity contribution in [2.24, 2.45) is 4.99 Å². The van der Waals surface area contributed by atoms with Crippen molar-refractivity contribution in [3.63, 3.8) is 0 Å². The van der Waals surface area contributed by atoms with E-state index in [1.165, 1.54) is 16.7 Å². The summed E-state index contributed by atoms with van der Waals surface area (Å²) in [6, 6.07) is 38.4. The lowest BCUT2D eigenvalue weighted by Gasteiger charge is -2.40. The molecule has 0 radical (unpaired) electrons. The number of nitriles is 1. The second-order valence-electron chi connectivity index (χ2n) is 8.20. The number of carbonyl (C=O) groups excluding carboxylic acids is 1. The number of thioether (sulfide) groups is 1. The molecule has 0 aliphatic carbocycles. The molecule has 1 aliphatic rings. The fourth-order valence-electron chi connectivity index (χ4n) is 4.18. The van der Waals surface area contributed by atoms with Crippen LogP contribution >= 0.6 is 24.0 Å². The minimum Gasteiger partial charge on any atom is -0.269 e. The van der Waals surface area contributed by atoms with Crippen LogP contribution in [0.15, 0.2) is 120 Å². The van der Waals surface area contributed by atoms with E-state index >= 15 is 0 Å². The van der Waals surface area contributed by atoms with Crippen LogP contribution in [-0.2, 0) is 5.75 Å². The van der Waals surface area contributed by atoms with E-state index in [-0.39, 0.29) is 5.91 Å². The molecule has 1 aliphatic heterocycles. The number of anilines is 1. The Morgan fingerprint density at radius 1 is 0.861 bits per heavy atom. The fraction of sp³-hybridized carbons (Fsp3) is 0.0667. The summed E-state index contributed by atoms with van der Waals surface area (Å²) < 4.78 is 0.320. The smallest absolute Gasteiger partial charge is 0.269 e. The first-order valence-corrected chi connectivity index (χ1v) is 12.8. The Morgan fingerprint density at radius 3 is 2.11 bits per heavy atom. The molecule has 6 heteroatoms. The summed E-state index contributed by atoms with van der Waals surface area (Å²) in [5.74, 6) is 0.233. The summed E-state index contributed by atoms with van der Waals surface area (Å²) in [5.41, 5.74) is 2.68. The Bertz CT molecular complexity index is 1480. The first-order valence-electron chi connectivity index (χ1n) is 11.4. The third-order valence-electron chi connectivity index (χ3n) is 5.92. The van der Waals surface area contributed by atoms with Gasteiger partial charge in [-0.3, -0.25) is 9.69 Å². The molecule has 4 nitrogen and oxygen atoms in total. The van der Waals surface area contributed by atoms with E-state index in [4.69, 9.17) is 17.2 Å². The highest BCUT2D eigenvalue weighted by molar-refractivity contribution is 8.22. The second kappa shape index (κ2) is 10.3. The molecule has 4 aromatic rings. The van der Waals surface area contributed by atoms with Crippen LogP contribution in [0, 0.1) is 11.3 Å².